The van der Waals surface area contributed by atoms with Gasteiger partial charge in [-0.2, -0.15) is 4.98 Å². The summed E-state index contributed by atoms with van der Waals surface area (Å²) in [7, 11) is 0. The van der Waals surface area contributed by atoms with Crippen LogP contribution in [0, 0.1) is 0 Å². The molecule has 0 aliphatic heterocycles. The molecule has 102 valence electrons. The van der Waals surface area contributed by atoms with Crippen LogP contribution >= 0.6 is 11.3 Å². The first-order valence-corrected chi connectivity index (χ1v) is 7.76. The Bertz CT molecular complexity index is 515. The molecule has 1 aliphatic rings. The lowest BCUT2D eigenvalue weighted by Gasteiger charge is -2.32. The lowest BCUT2D eigenvalue weighted by molar-refractivity contribution is 0.219. The summed E-state index contributed by atoms with van der Waals surface area (Å²) in [6, 6.07) is 4.14. The highest BCUT2D eigenvalue weighted by atomic mass is 32.1. The molecule has 2 N–H and O–H groups in total. The Kier molecular flexibility index (Phi) is 3.66. The molecule has 1 fully saturated rings. The number of rotatable bonds is 4. The molecule has 0 unspecified atom stereocenters. The molecule has 0 amide bonds. The Labute approximate surface area is 117 Å². The van der Waals surface area contributed by atoms with Gasteiger partial charge in [-0.1, -0.05) is 30.5 Å². The van der Waals surface area contributed by atoms with Crippen LogP contribution in [0.25, 0.3) is 0 Å². The van der Waals surface area contributed by atoms with E-state index in [4.69, 9.17) is 10.3 Å². The molecule has 0 aromatic carbocycles. The van der Waals surface area contributed by atoms with Gasteiger partial charge in [0.25, 0.3) is 0 Å². The Morgan fingerprint density at radius 3 is 2.84 bits per heavy atom. The SMILES string of the molecule is NCC1(c2nc(Cc3cccs3)no2)CCCCC1. The van der Waals surface area contributed by atoms with E-state index in [9.17, 15) is 0 Å². The van der Waals surface area contributed by atoms with Crippen molar-refractivity contribution in [2.45, 2.75) is 43.9 Å². The molecule has 1 aliphatic carbocycles. The van der Waals surface area contributed by atoms with Crippen molar-refractivity contribution >= 4 is 11.3 Å². The van der Waals surface area contributed by atoms with Gasteiger partial charge in [-0.25, -0.2) is 0 Å². The summed E-state index contributed by atoms with van der Waals surface area (Å²) in [5.74, 6) is 1.53. The second-order valence-corrected chi connectivity index (χ2v) is 6.35. The van der Waals surface area contributed by atoms with Crippen molar-refractivity contribution in [2.24, 2.45) is 5.73 Å². The summed E-state index contributed by atoms with van der Waals surface area (Å²) in [6.07, 6.45) is 6.60. The fraction of sp³-hybridized carbons (Fsp3) is 0.571. The first-order chi connectivity index (χ1) is 9.32. The van der Waals surface area contributed by atoms with Gasteiger partial charge >= 0.3 is 0 Å². The van der Waals surface area contributed by atoms with Crippen LogP contribution in [-0.2, 0) is 11.8 Å². The largest absolute Gasteiger partial charge is 0.339 e. The molecule has 2 aromatic rings. The topological polar surface area (TPSA) is 64.9 Å². The zero-order chi connectivity index (χ0) is 13.1. The molecule has 4 nitrogen and oxygen atoms in total. The summed E-state index contributed by atoms with van der Waals surface area (Å²) in [5.41, 5.74) is 5.92. The standard InChI is InChI=1S/C14H19N3OS/c15-10-14(6-2-1-3-7-14)13-16-12(17-18-13)9-11-5-4-8-19-11/h4-5,8H,1-3,6-7,9-10,15H2. The molecule has 3 rings (SSSR count). The normalized spacial score (nSPS) is 18.6. The average Bonchev–Trinajstić information content (AvgIpc) is 3.12. The lowest BCUT2D eigenvalue weighted by Crippen LogP contribution is -2.37. The monoisotopic (exact) mass is 277 g/mol. The lowest BCUT2D eigenvalue weighted by atomic mass is 9.74. The molecular formula is C14H19N3OS. The fourth-order valence-corrected chi connectivity index (χ4v) is 3.55. The summed E-state index contributed by atoms with van der Waals surface area (Å²) in [6.45, 7) is 0.605. The van der Waals surface area contributed by atoms with Crippen molar-refractivity contribution in [3.63, 3.8) is 0 Å². The van der Waals surface area contributed by atoms with Crippen LogP contribution in [0.5, 0.6) is 0 Å². The van der Waals surface area contributed by atoms with Crippen LogP contribution in [-0.4, -0.2) is 16.7 Å². The van der Waals surface area contributed by atoms with Crippen LogP contribution in [0.15, 0.2) is 22.0 Å². The number of aromatic nitrogens is 2. The Balaban J connectivity index is 1.79. The Hall–Kier alpha value is -1.20. The van der Waals surface area contributed by atoms with Crippen molar-refractivity contribution in [3.05, 3.63) is 34.1 Å². The van der Waals surface area contributed by atoms with E-state index >= 15 is 0 Å². The van der Waals surface area contributed by atoms with Gasteiger partial charge in [-0.3, -0.25) is 0 Å². The third kappa shape index (κ3) is 2.58. The zero-order valence-corrected chi connectivity index (χ0v) is 11.8. The van der Waals surface area contributed by atoms with E-state index in [-0.39, 0.29) is 5.41 Å². The fourth-order valence-electron chi connectivity index (χ4n) is 2.84. The third-order valence-corrected chi connectivity index (χ3v) is 4.91. The molecule has 19 heavy (non-hydrogen) atoms. The Morgan fingerprint density at radius 2 is 2.16 bits per heavy atom. The van der Waals surface area contributed by atoms with Crippen LogP contribution in [0.1, 0.15) is 48.7 Å². The van der Waals surface area contributed by atoms with Crippen LogP contribution in [0.2, 0.25) is 0 Å². The predicted molar refractivity (Wildman–Crippen MR) is 75.2 cm³/mol. The number of hydrogen-bond donors (Lipinski definition) is 1. The van der Waals surface area contributed by atoms with Crippen molar-refractivity contribution in [1.29, 1.82) is 0 Å². The van der Waals surface area contributed by atoms with E-state index in [2.05, 4.69) is 21.6 Å². The van der Waals surface area contributed by atoms with Gasteiger partial charge in [0.05, 0.1) is 5.41 Å². The minimum Gasteiger partial charge on any atom is -0.339 e. The van der Waals surface area contributed by atoms with Crippen LogP contribution in [0.3, 0.4) is 0 Å². The summed E-state index contributed by atoms with van der Waals surface area (Å²) in [5, 5.41) is 6.19. The number of nitrogens with two attached hydrogens (primary N) is 1. The van der Waals surface area contributed by atoms with Gasteiger partial charge in [0.2, 0.25) is 5.89 Å². The summed E-state index contributed by atoms with van der Waals surface area (Å²) in [4.78, 5) is 5.86. The first kappa shape index (κ1) is 12.8. The smallest absolute Gasteiger partial charge is 0.234 e. The average molecular weight is 277 g/mol. The van der Waals surface area contributed by atoms with E-state index in [1.54, 1.807) is 11.3 Å². The molecule has 0 atom stereocenters. The van der Waals surface area contributed by atoms with Crippen LogP contribution < -0.4 is 5.73 Å². The number of nitrogens with zero attached hydrogens (tertiary/aromatic N) is 2. The van der Waals surface area contributed by atoms with Gasteiger partial charge < -0.3 is 10.3 Å². The van der Waals surface area contributed by atoms with E-state index in [0.717, 1.165) is 31.0 Å². The molecule has 0 spiro atoms. The van der Waals surface area contributed by atoms with E-state index < -0.39 is 0 Å². The summed E-state index contributed by atoms with van der Waals surface area (Å²) >= 11 is 1.72. The maximum atomic E-state index is 5.99. The van der Waals surface area contributed by atoms with Gasteiger partial charge in [-0.15, -0.1) is 11.3 Å². The molecular weight excluding hydrogens is 258 g/mol. The minimum atomic E-state index is -0.0705. The van der Waals surface area contributed by atoms with Gasteiger partial charge in [0.15, 0.2) is 5.82 Å². The number of thiophene rings is 1. The van der Waals surface area contributed by atoms with Crippen molar-refractivity contribution in [1.82, 2.24) is 10.1 Å². The highest BCUT2D eigenvalue weighted by Crippen LogP contribution is 2.37. The predicted octanol–water partition coefficient (Wildman–Crippen LogP) is 2.88. The van der Waals surface area contributed by atoms with Gasteiger partial charge in [0.1, 0.15) is 0 Å². The van der Waals surface area contributed by atoms with Gasteiger partial charge in [0, 0.05) is 17.8 Å². The minimum absolute atomic E-state index is 0.0705. The van der Waals surface area contributed by atoms with Gasteiger partial charge in [-0.05, 0) is 24.3 Å². The second kappa shape index (κ2) is 5.43. The molecule has 5 heteroatoms. The molecule has 0 saturated heterocycles. The first-order valence-electron chi connectivity index (χ1n) is 6.88. The van der Waals surface area contributed by atoms with Crippen molar-refractivity contribution in [3.8, 4) is 0 Å². The molecule has 0 bridgehead atoms. The molecule has 2 aromatic heterocycles. The Morgan fingerprint density at radius 1 is 1.32 bits per heavy atom. The zero-order valence-electron chi connectivity index (χ0n) is 11.0. The van der Waals surface area contributed by atoms with E-state index in [1.165, 1.54) is 24.1 Å². The second-order valence-electron chi connectivity index (χ2n) is 5.32. The maximum absolute atomic E-state index is 5.99. The van der Waals surface area contributed by atoms with Crippen molar-refractivity contribution in [2.75, 3.05) is 6.54 Å². The van der Waals surface area contributed by atoms with Crippen LogP contribution in [0.4, 0.5) is 0 Å². The molecule has 2 heterocycles. The van der Waals surface area contributed by atoms with E-state index in [0.29, 0.717) is 6.54 Å². The highest BCUT2D eigenvalue weighted by molar-refractivity contribution is 7.09. The van der Waals surface area contributed by atoms with E-state index in [1.807, 2.05) is 6.07 Å². The molecule has 1 saturated carbocycles. The van der Waals surface area contributed by atoms with Crippen molar-refractivity contribution < 1.29 is 4.52 Å². The number of hydrogen-bond acceptors (Lipinski definition) is 5. The highest BCUT2D eigenvalue weighted by Gasteiger charge is 2.37. The quantitative estimate of drug-likeness (QED) is 0.933. The molecule has 0 radical (unpaired) electrons. The third-order valence-electron chi connectivity index (χ3n) is 4.04. The maximum Gasteiger partial charge on any atom is 0.234 e. The summed E-state index contributed by atoms with van der Waals surface area (Å²) < 4.78 is 5.51.